The molecule has 1 aliphatic heterocycles. The largest absolute Gasteiger partial charge is 0.334 e. The van der Waals surface area contributed by atoms with E-state index >= 15 is 0 Å². The molecule has 1 fully saturated rings. The quantitative estimate of drug-likeness (QED) is 0.746. The molecule has 0 radical (unpaired) electrons. The van der Waals surface area contributed by atoms with E-state index in [4.69, 9.17) is 23.2 Å². The standard InChI is InChI=1S/C12H14Cl2N2OS/c1-7-8(2)18-4-3-16(7)12(17)9-5-11(14)15-6-10(9)13/h5-8H,3-4H2,1-2H3. The smallest absolute Gasteiger partial charge is 0.255 e. The molecular formula is C12H14Cl2N2OS. The summed E-state index contributed by atoms with van der Waals surface area (Å²) in [6, 6.07) is 1.73. The van der Waals surface area contributed by atoms with Crippen LogP contribution in [-0.4, -0.2) is 39.4 Å². The molecule has 0 aromatic carbocycles. The Labute approximate surface area is 121 Å². The highest BCUT2D eigenvalue weighted by molar-refractivity contribution is 8.00. The molecule has 0 spiro atoms. The van der Waals surface area contributed by atoms with E-state index in [0.717, 1.165) is 12.3 Å². The average Bonchev–Trinajstić information content (AvgIpc) is 2.35. The van der Waals surface area contributed by atoms with Crippen molar-refractivity contribution in [2.75, 3.05) is 12.3 Å². The molecule has 1 amide bonds. The summed E-state index contributed by atoms with van der Waals surface area (Å²) in [6.45, 7) is 4.94. The van der Waals surface area contributed by atoms with Crippen LogP contribution >= 0.6 is 35.0 Å². The van der Waals surface area contributed by atoms with Crippen LogP contribution in [0.1, 0.15) is 24.2 Å². The van der Waals surface area contributed by atoms with Crippen molar-refractivity contribution in [1.82, 2.24) is 9.88 Å². The van der Waals surface area contributed by atoms with Gasteiger partial charge < -0.3 is 4.90 Å². The SMILES string of the molecule is CC1SCCN(C(=O)c2cc(Cl)ncc2Cl)C1C. The maximum absolute atomic E-state index is 12.5. The third kappa shape index (κ3) is 2.76. The van der Waals surface area contributed by atoms with Gasteiger partial charge in [0.1, 0.15) is 5.15 Å². The molecule has 0 bridgehead atoms. The summed E-state index contributed by atoms with van der Waals surface area (Å²) in [4.78, 5) is 18.2. The van der Waals surface area contributed by atoms with Gasteiger partial charge in [0.15, 0.2) is 0 Å². The number of pyridine rings is 1. The lowest BCUT2D eigenvalue weighted by atomic mass is 10.1. The van der Waals surface area contributed by atoms with E-state index in [1.54, 1.807) is 0 Å². The van der Waals surface area contributed by atoms with E-state index in [1.165, 1.54) is 12.3 Å². The van der Waals surface area contributed by atoms with Crippen LogP contribution in [0, 0.1) is 0 Å². The van der Waals surface area contributed by atoms with Crippen LogP contribution in [0.4, 0.5) is 0 Å². The Hall–Kier alpha value is -0.450. The highest BCUT2D eigenvalue weighted by Gasteiger charge is 2.30. The molecule has 2 rings (SSSR count). The number of aromatic nitrogens is 1. The van der Waals surface area contributed by atoms with E-state index in [9.17, 15) is 4.79 Å². The monoisotopic (exact) mass is 304 g/mol. The molecule has 0 aliphatic carbocycles. The molecule has 3 nitrogen and oxygen atoms in total. The fourth-order valence-corrected chi connectivity index (χ4v) is 3.39. The van der Waals surface area contributed by atoms with Gasteiger partial charge >= 0.3 is 0 Å². The van der Waals surface area contributed by atoms with Gasteiger partial charge in [0.05, 0.1) is 10.6 Å². The molecule has 2 heterocycles. The molecule has 6 heteroatoms. The fraction of sp³-hybridized carbons (Fsp3) is 0.500. The number of carbonyl (C=O) groups excluding carboxylic acids is 1. The van der Waals surface area contributed by atoms with Gasteiger partial charge in [0.25, 0.3) is 5.91 Å². The second-order valence-electron chi connectivity index (χ2n) is 4.30. The number of carbonyl (C=O) groups is 1. The van der Waals surface area contributed by atoms with Crippen molar-refractivity contribution in [2.24, 2.45) is 0 Å². The molecular weight excluding hydrogens is 291 g/mol. The van der Waals surface area contributed by atoms with Crippen LogP contribution in [0.25, 0.3) is 0 Å². The minimum absolute atomic E-state index is 0.0658. The number of hydrogen-bond acceptors (Lipinski definition) is 3. The van der Waals surface area contributed by atoms with Gasteiger partial charge in [-0.2, -0.15) is 11.8 Å². The summed E-state index contributed by atoms with van der Waals surface area (Å²) in [5, 5.41) is 1.07. The number of thioether (sulfide) groups is 1. The first-order valence-corrected chi connectivity index (χ1v) is 7.55. The first kappa shape index (κ1) is 14.0. The normalized spacial score (nSPS) is 24.1. The Morgan fingerprint density at radius 3 is 2.94 bits per heavy atom. The van der Waals surface area contributed by atoms with Gasteiger partial charge in [-0.3, -0.25) is 4.79 Å². The molecule has 0 saturated carbocycles. The van der Waals surface area contributed by atoms with Crippen LogP contribution in [0.2, 0.25) is 10.2 Å². The van der Waals surface area contributed by atoms with Crippen molar-refractivity contribution in [1.29, 1.82) is 0 Å². The van der Waals surface area contributed by atoms with Gasteiger partial charge in [-0.1, -0.05) is 30.1 Å². The topological polar surface area (TPSA) is 33.2 Å². The summed E-state index contributed by atoms with van der Waals surface area (Å²) in [5.74, 6) is 0.886. The van der Waals surface area contributed by atoms with Crippen LogP contribution in [0.5, 0.6) is 0 Å². The summed E-state index contributed by atoms with van der Waals surface area (Å²) in [5.41, 5.74) is 0.433. The van der Waals surface area contributed by atoms with Crippen molar-refractivity contribution >= 4 is 40.9 Å². The zero-order valence-electron chi connectivity index (χ0n) is 10.2. The van der Waals surface area contributed by atoms with Crippen LogP contribution in [-0.2, 0) is 0 Å². The molecule has 2 unspecified atom stereocenters. The highest BCUT2D eigenvalue weighted by Crippen LogP contribution is 2.27. The number of rotatable bonds is 1. The Kier molecular flexibility index (Phi) is 4.41. The number of amides is 1. The van der Waals surface area contributed by atoms with E-state index in [-0.39, 0.29) is 17.1 Å². The zero-order chi connectivity index (χ0) is 13.3. The van der Waals surface area contributed by atoms with Crippen molar-refractivity contribution in [3.05, 3.63) is 28.0 Å². The maximum Gasteiger partial charge on any atom is 0.255 e. The van der Waals surface area contributed by atoms with E-state index in [2.05, 4.69) is 18.8 Å². The lowest BCUT2D eigenvalue weighted by molar-refractivity contribution is 0.0698. The molecule has 2 atom stereocenters. The summed E-state index contributed by atoms with van der Waals surface area (Å²) >= 11 is 13.7. The van der Waals surface area contributed by atoms with E-state index < -0.39 is 0 Å². The maximum atomic E-state index is 12.5. The number of hydrogen-bond donors (Lipinski definition) is 0. The second kappa shape index (κ2) is 5.68. The van der Waals surface area contributed by atoms with Gasteiger partial charge in [-0.05, 0) is 13.0 Å². The molecule has 1 aromatic heterocycles. The Morgan fingerprint density at radius 1 is 1.50 bits per heavy atom. The summed E-state index contributed by atoms with van der Waals surface area (Å²) < 4.78 is 0. The highest BCUT2D eigenvalue weighted by atomic mass is 35.5. The third-order valence-electron chi connectivity index (χ3n) is 3.20. The first-order chi connectivity index (χ1) is 8.50. The van der Waals surface area contributed by atoms with Gasteiger partial charge in [0, 0.05) is 29.8 Å². The minimum Gasteiger partial charge on any atom is -0.334 e. The third-order valence-corrected chi connectivity index (χ3v) is 5.04. The van der Waals surface area contributed by atoms with E-state index in [0.29, 0.717) is 15.8 Å². The number of nitrogens with zero attached hydrogens (tertiary/aromatic N) is 2. The Balaban J connectivity index is 2.27. The van der Waals surface area contributed by atoms with Crippen LogP contribution < -0.4 is 0 Å². The van der Waals surface area contributed by atoms with Crippen LogP contribution in [0.15, 0.2) is 12.3 Å². The average molecular weight is 305 g/mol. The summed E-state index contributed by atoms with van der Waals surface area (Å²) in [7, 11) is 0. The first-order valence-electron chi connectivity index (χ1n) is 5.74. The van der Waals surface area contributed by atoms with Gasteiger partial charge in [-0.15, -0.1) is 0 Å². The van der Waals surface area contributed by atoms with Gasteiger partial charge in [0.2, 0.25) is 0 Å². The lowest BCUT2D eigenvalue weighted by Gasteiger charge is -2.37. The van der Waals surface area contributed by atoms with Crippen molar-refractivity contribution in [3.63, 3.8) is 0 Å². The zero-order valence-corrected chi connectivity index (χ0v) is 12.5. The predicted octanol–water partition coefficient (Wildman–Crippen LogP) is 3.35. The molecule has 1 saturated heterocycles. The van der Waals surface area contributed by atoms with Crippen LogP contribution in [0.3, 0.4) is 0 Å². The Morgan fingerprint density at radius 2 is 2.22 bits per heavy atom. The lowest BCUT2D eigenvalue weighted by Crippen LogP contribution is -2.48. The van der Waals surface area contributed by atoms with Crippen molar-refractivity contribution in [3.8, 4) is 0 Å². The molecule has 0 N–H and O–H groups in total. The summed E-state index contributed by atoms with van der Waals surface area (Å²) in [6.07, 6.45) is 1.42. The van der Waals surface area contributed by atoms with E-state index in [1.807, 2.05) is 16.7 Å². The molecule has 98 valence electrons. The predicted molar refractivity (Wildman–Crippen MR) is 76.7 cm³/mol. The van der Waals surface area contributed by atoms with Crippen molar-refractivity contribution < 1.29 is 4.79 Å². The second-order valence-corrected chi connectivity index (χ2v) is 6.58. The molecule has 1 aliphatic rings. The Bertz CT molecular complexity index is 469. The number of halogens is 2. The fourth-order valence-electron chi connectivity index (χ4n) is 1.95. The molecule has 18 heavy (non-hydrogen) atoms. The molecule has 1 aromatic rings. The van der Waals surface area contributed by atoms with Crippen molar-refractivity contribution in [2.45, 2.75) is 25.1 Å². The minimum atomic E-state index is -0.0658. The van der Waals surface area contributed by atoms with Gasteiger partial charge in [-0.25, -0.2) is 4.98 Å².